The second-order valence-electron chi connectivity index (χ2n) is 7.74. The second-order valence-corrected chi connectivity index (χ2v) is 8.12. The maximum Gasteiger partial charge on any atom is 0.256 e. The van der Waals surface area contributed by atoms with Gasteiger partial charge in [0, 0.05) is 17.8 Å². The topological polar surface area (TPSA) is 64.7 Å². The smallest absolute Gasteiger partial charge is 0.256 e. The molecule has 4 rings (SSSR count). The summed E-state index contributed by atoms with van der Waals surface area (Å²) in [5, 5.41) is 11.4. The zero-order valence-corrected chi connectivity index (χ0v) is 19.1. The highest BCUT2D eigenvalue weighted by Gasteiger charge is 2.26. The lowest BCUT2D eigenvalue weighted by atomic mass is 10.1. The molecule has 2 aromatic heterocycles. The van der Waals surface area contributed by atoms with E-state index in [1.807, 2.05) is 13.0 Å². The van der Waals surface area contributed by atoms with E-state index < -0.39 is 47.1 Å². The molecule has 1 N–H and O–H groups in total. The van der Waals surface area contributed by atoms with Gasteiger partial charge in [0.1, 0.15) is 0 Å². The average molecular weight is 510 g/mol. The molecule has 0 aliphatic heterocycles. The third-order valence-corrected chi connectivity index (χ3v) is 5.86. The van der Waals surface area contributed by atoms with E-state index in [-0.39, 0.29) is 5.82 Å². The summed E-state index contributed by atoms with van der Waals surface area (Å²) in [5.41, 5.74) is 1.54. The third kappa shape index (κ3) is 4.76. The molecule has 0 spiro atoms. The van der Waals surface area contributed by atoms with Crippen LogP contribution in [0.25, 0.3) is 0 Å². The predicted molar refractivity (Wildman–Crippen MR) is 118 cm³/mol. The Balaban J connectivity index is 1.48. The summed E-state index contributed by atoms with van der Waals surface area (Å²) in [6, 6.07) is 8.08. The molecule has 1 amide bonds. The van der Waals surface area contributed by atoms with Gasteiger partial charge in [-0.15, -0.1) is 0 Å². The number of benzene rings is 2. The number of amides is 1. The van der Waals surface area contributed by atoms with Crippen LogP contribution in [0.4, 0.5) is 27.8 Å². The SMILES string of the molecule is Cc1nn(Cc2cccc(C(=O)Nc3ccn(Cc4c(F)c(F)c(F)c(F)c4F)n3)c2)c(C)c1Cl. The number of hydrogen-bond acceptors (Lipinski definition) is 3. The molecular weight excluding hydrogens is 493 g/mol. The standard InChI is InChI=1S/C23H17ClF5N5O/c1-11-17(24)12(2)34(31-11)9-13-4-3-5-14(8-13)23(35)30-16-6-7-33(32-16)10-15-18(25)20(27)22(29)21(28)19(15)26/h3-8H,9-10H2,1-2H3,(H,30,32,35). The molecular formula is C23H17ClF5N5O. The summed E-state index contributed by atoms with van der Waals surface area (Å²) < 4.78 is 70.6. The zero-order valence-electron chi connectivity index (χ0n) is 18.3. The van der Waals surface area contributed by atoms with E-state index in [4.69, 9.17) is 11.6 Å². The van der Waals surface area contributed by atoms with E-state index in [1.54, 1.807) is 29.8 Å². The van der Waals surface area contributed by atoms with Gasteiger partial charge in [-0.2, -0.15) is 10.2 Å². The first-order chi connectivity index (χ1) is 16.6. The number of aryl methyl sites for hydroxylation is 1. The summed E-state index contributed by atoms with van der Waals surface area (Å²) in [5.74, 6) is -10.7. The Kier molecular flexibility index (Phi) is 6.62. The third-order valence-electron chi connectivity index (χ3n) is 5.32. The zero-order chi connectivity index (χ0) is 25.4. The fourth-order valence-electron chi connectivity index (χ4n) is 3.47. The van der Waals surface area contributed by atoms with Crippen molar-refractivity contribution in [2.45, 2.75) is 26.9 Å². The first-order valence-corrected chi connectivity index (χ1v) is 10.6. The maximum atomic E-state index is 13.9. The van der Waals surface area contributed by atoms with Crippen molar-refractivity contribution in [1.29, 1.82) is 0 Å². The van der Waals surface area contributed by atoms with E-state index in [1.165, 1.54) is 12.3 Å². The van der Waals surface area contributed by atoms with Crippen LogP contribution in [0.2, 0.25) is 5.02 Å². The van der Waals surface area contributed by atoms with Gasteiger partial charge in [0.2, 0.25) is 5.82 Å². The normalized spacial score (nSPS) is 11.2. The van der Waals surface area contributed by atoms with Crippen LogP contribution in [-0.2, 0) is 13.1 Å². The van der Waals surface area contributed by atoms with Crippen LogP contribution >= 0.6 is 11.6 Å². The summed E-state index contributed by atoms with van der Waals surface area (Å²) >= 11 is 6.18. The van der Waals surface area contributed by atoms with Crippen LogP contribution in [0.3, 0.4) is 0 Å². The molecule has 0 aliphatic carbocycles. The number of hydrogen-bond donors (Lipinski definition) is 1. The summed E-state index contributed by atoms with van der Waals surface area (Å²) in [4.78, 5) is 12.7. The fraction of sp³-hybridized carbons (Fsp3) is 0.174. The number of carbonyl (C=O) groups excluding carboxylic acids is 1. The van der Waals surface area contributed by atoms with Crippen molar-refractivity contribution in [2.24, 2.45) is 0 Å². The molecule has 6 nitrogen and oxygen atoms in total. The van der Waals surface area contributed by atoms with Crippen LogP contribution in [0.5, 0.6) is 0 Å². The quantitative estimate of drug-likeness (QED) is 0.215. The molecule has 2 heterocycles. The predicted octanol–water partition coefficient (Wildman–Crippen LogP) is 5.39. The van der Waals surface area contributed by atoms with Crippen molar-refractivity contribution in [3.63, 3.8) is 0 Å². The minimum Gasteiger partial charge on any atom is -0.305 e. The Morgan fingerprint density at radius 3 is 2.23 bits per heavy atom. The first kappa shape index (κ1) is 24.4. The summed E-state index contributed by atoms with van der Waals surface area (Å²) in [7, 11) is 0. The highest BCUT2D eigenvalue weighted by Crippen LogP contribution is 2.24. The Morgan fingerprint density at radius 1 is 0.943 bits per heavy atom. The molecule has 12 heteroatoms. The lowest BCUT2D eigenvalue weighted by Gasteiger charge is -2.09. The van der Waals surface area contributed by atoms with Crippen molar-refractivity contribution < 1.29 is 26.7 Å². The van der Waals surface area contributed by atoms with Gasteiger partial charge in [0.25, 0.3) is 5.91 Å². The highest BCUT2D eigenvalue weighted by molar-refractivity contribution is 6.31. The van der Waals surface area contributed by atoms with Crippen LogP contribution < -0.4 is 5.32 Å². The van der Waals surface area contributed by atoms with E-state index >= 15 is 0 Å². The van der Waals surface area contributed by atoms with Gasteiger partial charge in [-0.25, -0.2) is 22.0 Å². The number of carbonyl (C=O) groups is 1. The number of halogens is 6. The van der Waals surface area contributed by atoms with Gasteiger partial charge in [0.05, 0.1) is 35.1 Å². The second kappa shape index (κ2) is 9.49. The lowest BCUT2D eigenvalue weighted by molar-refractivity contribution is 0.102. The molecule has 0 radical (unpaired) electrons. The minimum atomic E-state index is -2.24. The highest BCUT2D eigenvalue weighted by atomic mass is 35.5. The molecule has 0 fully saturated rings. The van der Waals surface area contributed by atoms with Gasteiger partial charge in [0.15, 0.2) is 29.1 Å². The number of rotatable bonds is 6. The minimum absolute atomic E-state index is 0.0228. The molecule has 35 heavy (non-hydrogen) atoms. The number of aromatic nitrogens is 4. The van der Waals surface area contributed by atoms with Crippen LogP contribution in [-0.4, -0.2) is 25.5 Å². The van der Waals surface area contributed by atoms with E-state index in [0.717, 1.165) is 15.9 Å². The molecule has 0 atom stereocenters. The molecule has 0 saturated carbocycles. The van der Waals surface area contributed by atoms with Gasteiger partial charge >= 0.3 is 0 Å². The Morgan fingerprint density at radius 2 is 1.60 bits per heavy atom. The lowest BCUT2D eigenvalue weighted by Crippen LogP contribution is -2.14. The average Bonchev–Trinajstić information content (AvgIpc) is 3.38. The van der Waals surface area contributed by atoms with E-state index in [9.17, 15) is 26.7 Å². The monoisotopic (exact) mass is 509 g/mol. The molecule has 0 bridgehead atoms. The van der Waals surface area contributed by atoms with E-state index in [2.05, 4.69) is 15.5 Å². The molecule has 0 unspecified atom stereocenters. The maximum absolute atomic E-state index is 13.9. The number of nitrogens with zero attached hydrogens (tertiary/aromatic N) is 4. The number of nitrogens with one attached hydrogen (secondary N) is 1. The van der Waals surface area contributed by atoms with Crippen molar-refractivity contribution in [1.82, 2.24) is 19.6 Å². The molecule has 0 saturated heterocycles. The molecule has 4 aromatic rings. The van der Waals surface area contributed by atoms with Crippen molar-refractivity contribution in [3.05, 3.63) is 98.7 Å². The van der Waals surface area contributed by atoms with E-state index in [0.29, 0.717) is 22.8 Å². The fourth-order valence-corrected chi connectivity index (χ4v) is 3.60. The number of anilines is 1. The van der Waals surface area contributed by atoms with Crippen LogP contribution in [0.15, 0.2) is 36.5 Å². The van der Waals surface area contributed by atoms with Gasteiger partial charge < -0.3 is 5.32 Å². The summed E-state index contributed by atoms with van der Waals surface area (Å²) in [6.07, 6.45) is 1.23. The first-order valence-electron chi connectivity index (χ1n) is 10.2. The Hall–Kier alpha value is -3.73. The van der Waals surface area contributed by atoms with Crippen molar-refractivity contribution in [2.75, 3.05) is 5.32 Å². The molecule has 182 valence electrons. The Labute approximate surface area is 200 Å². The van der Waals surface area contributed by atoms with Gasteiger partial charge in [-0.05, 0) is 31.5 Å². The molecule has 0 aliphatic rings. The molecule has 2 aromatic carbocycles. The van der Waals surface area contributed by atoms with Crippen molar-refractivity contribution in [3.8, 4) is 0 Å². The summed E-state index contributed by atoms with van der Waals surface area (Å²) in [6.45, 7) is 3.28. The van der Waals surface area contributed by atoms with Gasteiger partial charge in [-0.3, -0.25) is 14.2 Å². The Bertz CT molecular complexity index is 1420. The van der Waals surface area contributed by atoms with Crippen LogP contribution in [0.1, 0.15) is 32.9 Å². The largest absolute Gasteiger partial charge is 0.305 e. The van der Waals surface area contributed by atoms with Gasteiger partial charge in [-0.1, -0.05) is 23.7 Å². The van der Waals surface area contributed by atoms with Crippen molar-refractivity contribution >= 4 is 23.3 Å². The van der Waals surface area contributed by atoms with Crippen LogP contribution in [0, 0.1) is 42.9 Å².